The minimum atomic E-state index is -0.242. The van der Waals surface area contributed by atoms with Crippen molar-refractivity contribution in [1.29, 1.82) is 0 Å². The molecule has 0 radical (unpaired) electrons. The highest BCUT2D eigenvalue weighted by Gasteiger charge is 2.14. The molecule has 0 unspecified atom stereocenters. The predicted molar refractivity (Wildman–Crippen MR) is 114 cm³/mol. The Morgan fingerprint density at radius 3 is 2.66 bits per heavy atom. The molecule has 3 aromatic carbocycles. The van der Waals surface area contributed by atoms with Crippen molar-refractivity contribution in [1.82, 2.24) is 9.97 Å². The molecule has 5 rings (SSSR count). The number of pyridine rings is 1. The monoisotopic (exact) mass is 399 g/mol. The molecule has 1 N–H and O–H groups in total. The molecule has 0 saturated carbocycles. The molecule has 0 saturated heterocycles. The Kier molecular flexibility index (Phi) is 4.22. The van der Waals surface area contributed by atoms with Gasteiger partial charge in [-0.15, -0.1) is 0 Å². The molecule has 0 aliphatic carbocycles. The lowest BCUT2D eigenvalue weighted by molar-refractivity contribution is 0.102. The second-order valence-corrected chi connectivity index (χ2v) is 6.96. The van der Waals surface area contributed by atoms with E-state index in [4.69, 9.17) is 16.0 Å². The molecule has 0 atom stereocenters. The lowest BCUT2D eigenvalue weighted by Crippen LogP contribution is -2.12. The molecule has 1 amide bonds. The number of nitrogens with one attached hydrogen (secondary N) is 1. The number of fused-ring (bicyclic) bond motifs is 2. The molecule has 6 heteroatoms. The summed E-state index contributed by atoms with van der Waals surface area (Å²) in [6, 6.07) is 22.3. The van der Waals surface area contributed by atoms with Crippen molar-refractivity contribution in [3.63, 3.8) is 0 Å². The topological polar surface area (TPSA) is 68.0 Å². The van der Waals surface area contributed by atoms with E-state index in [2.05, 4.69) is 15.3 Å². The van der Waals surface area contributed by atoms with E-state index in [1.54, 1.807) is 42.6 Å². The van der Waals surface area contributed by atoms with Crippen molar-refractivity contribution >= 4 is 45.2 Å². The minimum absolute atomic E-state index is 0.242. The van der Waals surface area contributed by atoms with Gasteiger partial charge in [0, 0.05) is 17.3 Å². The number of nitrogens with zero attached hydrogens (tertiary/aromatic N) is 2. The number of carbonyl (C=O) groups is 1. The van der Waals surface area contributed by atoms with Crippen molar-refractivity contribution in [2.45, 2.75) is 0 Å². The summed E-state index contributed by atoms with van der Waals surface area (Å²) in [7, 11) is 0. The second-order valence-electron chi connectivity index (χ2n) is 6.55. The van der Waals surface area contributed by atoms with Crippen molar-refractivity contribution in [3.8, 4) is 11.5 Å². The van der Waals surface area contributed by atoms with Gasteiger partial charge in [0.25, 0.3) is 5.91 Å². The lowest BCUT2D eigenvalue weighted by atomic mass is 10.1. The summed E-state index contributed by atoms with van der Waals surface area (Å²) in [5.74, 6) is 0.172. The van der Waals surface area contributed by atoms with E-state index in [1.165, 1.54) is 0 Å². The highest BCUT2D eigenvalue weighted by atomic mass is 35.5. The Bertz CT molecular complexity index is 1340. The van der Waals surface area contributed by atoms with E-state index in [0.717, 1.165) is 10.8 Å². The molecular weight excluding hydrogens is 386 g/mol. The molecule has 0 spiro atoms. The summed E-state index contributed by atoms with van der Waals surface area (Å²) in [5, 5.41) is 5.38. The second kappa shape index (κ2) is 7.04. The van der Waals surface area contributed by atoms with Crippen molar-refractivity contribution in [3.05, 3.63) is 89.6 Å². The Hall–Kier alpha value is -3.70. The smallest absolute Gasteiger partial charge is 0.255 e. The fraction of sp³-hybridized carbons (Fsp3) is 0. The molecule has 5 aromatic rings. The number of anilines is 1. The maximum absolute atomic E-state index is 12.8. The highest BCUT2D eigenvalue weighted by Crippen LogP contribution is 2.30. The van der Waals surface area contributed by atoms with Crippen LogP contribution in [0.15, 0.2) is 83.4 Å². The summed E-state index contributed by atoms with van der Waals surface area (Å²) in [4.78, 5) is 21.4. The first-order valence-electron chi connectivity index (χ1n) is 8.99. The first kappa shape index (κ1) is 17.4. The van der Waals surface area contributed by atoms with Crippen LogP contribution in [0.5, 0.6) is 0 Å². The van der Waals surface area contributed by atoms with Gasteiger partial charge in [0.05, 0.1) is 10.7 Å². The number of rotatable bonds is 3. The average molecular weight is 400 g/mol. The number of hydrogen-bond donors (Lipinski definition) is 1. The zero-order chi connectivity index (χ0) is 19.8. The third-order valence-electron chi connectivity index (χ3n) is 4.64. The Morgan fingerprint density at radius 1 is 0.931 bits per heavy atom. The zero-order valence-corrected chi connectivity index (χ0v) is 15.9. The fourth-order valence-corrected chi connectivity index (χ4v) is 3.34. The van der Waals surface area contributed by atoms with Gasteiger partial charge in [-0.3, -0.25) is 4.79 Å². The SMILES string of the molecule is O=C(Nc1cc(-c2nc3ncccc3o2)ccc1Cl)c1ccc2ccccc2c1. The Balaban J connectivity index is 1.47. The largest absolute Gasteiger partial charge is 0.434 e. The van der Waals surface area contributed by atoms with E-state index in [9.17, 15) is 4.79 Å². The molecule has 0 fully saturated rings. The lowest BCUT2D eigenvalue weighted by Gasteiger charge is -2.09. The van der Waals surface area contributed by atoms with Gasteiger partial charge >= 0.3 is 0 Å². The Morgan fingerprint density at radius 2 is 1.79 bits per heavy atom. The summed E-state index contributed by atoms with van der Waals surface area (Å²) in [5.41, 5.74) is 2.85. The maximum atomic E-state index is 12.8. The van der Waals surface area contributed by atoms with Crippen LogP contribution in [0.1, 0.15) is 10.4 Å². The third kappa shape index (κ3) is 3.32. The van der Waals surface area contributed by atoms with Crippen LogP contribution in [0.3, 0.4) is 0 Å². The first-order chi connectivity index (χ1) is 14.2. The van der Waals surface area contributed by atoms with Gasteiger partial charge in [0.1, 0.15) is 0 Å². The highest BCUT2D eigenvalue weighted by molar-refractivity contribution is 6.34. The third-order valence-corrected chi connectivity index (χ3v) is 4.97. The van der Waals surface area contributed by atoms with E-state index in [0.29, 0.717) is 39.0 Å². The maximum Gasteiger partial charge on any atom is 0.255 e. The number of hydrogen-bond acceptors (Lipinski definition) is 4. The van der Waals surface area contributed by atoms with Crippen LogP contribution in [-0.4, -0.2) is 15.9 Å². The molecule has 2 heterocycles. The van der Waals surface area contributed by atoms with Gasteiger partial charge in [-0.25, -0.2) is 4.98 Å². The number of halogens is 1. The van der Waals surface area contributed by atoms with Gasteiger partial charge in [0.2, 0.25) is 5.89 Å². The molecule has 140 valence electrons. The van der Waals surface area contributed by atoms with E-state index in [-0.39, 0.29) is 5.91 Å². The fourth-order valence-electron chi connectivity index (χ4n) is 3.17. The predicted octanol–water partition coefficient (Wildman–Crippen LogP) is 5.95. The van der Waals surface area contributed by atoms with Gasteiger partial charge in [-0.05, 0) is 53.2 Å². The molecule has 0 aliphatic rings. The minimum Gasteiger partial charge on any atom is -0.434 e. The van der Waals surface area contributed by atoms with E-state index < -0.39 is 0 Å². The summed E-state index contributed by atoms with van der Waals surface area (Å²) >= 11 is 6.31. The number of aromatic nitrogens is 2. The number of amides is 1. The zero-order valence-electron chi connectivity index (χ0n) is 15.1. The number of carbonyl (C=O) groups excluding carboxylic acids is 1. The van der Waals surface area contributed by atoms with Gasteiger partial charge < -0.3 is 9.73 Å². The van der Waals surface area contributed by atoms with Gasteiger partial charge in [-0.2, -0.15) is 4.98 Å². The van der Waals surface area contributed by atoms with Crippen molar-refractivity contribution in [2.75, 3.05) is 5.32 Å². The molecule has 2 aromatic heterocycles. The standard InChI is InChI=1S/C23H14ClN3O2/c24-18-10-9-17(23-27-21-20(29-23)6-3-11-25-21)13-19(18)26-22(28)16-8-7-14-4-1-2-5-15(14)12-16/h1-13H,(H,26,28). The van der Waals surface area contributed by atoms with Crippen LogP contribution in [0.2, 0.25) is 5.02 Å². The molecule has 29 heavy (non-hydrogen) atoms. The van der Waals surface area contributed by atoms with Gasteiger partial charge in [-0.1, -0.05) is 41.9 Å². The Labute approximate surface area is 171 Å². The summed E-state index contributed by atoms with van der Waals surface area (Å²) in [6.07, 6.45) is 1.66. The molecule has 0 bridgehead atoms. The van der Waals surface area contributed by atoms with E-state index >= 15 is 0 Å². The van der Waals surface area contributed by atoms with Crippen LogP contribution < -0.4 is 5.32 Å². The molecule has 0 aliphatic heterocycles. The van der Waals surface area contributed by atoms with Crippen LogP contribution >= 0.6 is 11.6 Å². The summed E-state index contributed by atoms with van der Waals surface area (Å²) < 4.78 is 5.76. The molecular formula is C23H14ClN3O2. The van der Waals surface area contributed by atoms with E-state index in [1.807, 2.05) is 36.4 Å². The molecule has 5 nitrogen and oxygen atoms in total. The quantitative estimate of drug-likeness (QED) is 0.407. The number of oxazole rings is 1. The van der Waals surface area contributed by atoms with Crippen LogP contribution in [0, 0.1) is 0 Å². The van der Waals surface area contributed by atoms with Crippen molar-refractivity contribution < 1.29 is 9.21 Å². The first-order valence-corrected chi connectivity index (χ1v) is 9.37. The summed E-state index contributed by atoms with van der Waals surface area (Å²) in [6.45, 7) is 0. The van der Waals surface area contributed by atoms with Crippen LogP contribution in [-0.2, 0) is 0 Å². The normalized spacial score (nSPS) is 11.1. The van der Waals surface area contributed by atoms with Gasteiger partial charge in [0.15, 0.2) is 11.2 Å². The number of benzene rings is 3. The van der Waals surface area contributed by atoms with Crippen LogP contribution in [0.4, 0.5) is 5.69 Å². The average Bonchev–Trinajstić information content (AvgIpc) is 3.19. The van der Waals surface area contributed by atoms with Crippen molar-refractivity contribution in [2.24, 2.45) is 0 Å². The van der Waals surface area contributed by atoms with Crippen LogP contribution in [0.25, 0.3) is 33.5 Å².